The van der Waals surface area contributed by atoms with E-state index in [2.05, 4.69) is 5.32 Å². The molecule has 3 N–H and O–H groups in total. The van der Waals surface area contributed by atoms with Crippen LogP contribution in [-0.2, 0) is 11.2 Å². The second kappa shape index (κ2) is 7.89. The lowest BCUT2D eigenvalue weighted by atomic mass is 10.1. The summed E-state index contributed by atoms with van der Waals surface area (Å²) in [7, 11) is 1.50. The number of phenols is 2. The molecule has 0 fully saturated rings. The summed E-state index contributed by atoms with van der Waals surface area (Å²) in [5.74, 6) is 0.503. The molecular weight excluding hydrogens is 294 g/mol. The number of hydrogen-bond acceptors (Lipinski definition) is 4. The summed E-state index contributed by atoms with van der Waals surface area (Å²) in [6.07, 6.45) is 3.72. The molecule has 0 aliphatic rings. The Morgan fingerprint density at radius 1 is 1.17 bits per heavy atom. The molecule has 0 saturated carbocycles. The van der Waals surface area contributed by atoms with E-state index in [1.54, 1.807) is 42.5 Å². The van der Waals surface area contributed by atoms with E-state index in [0.717, 1.165) is 11.1 Å². The molecule has 1 amide bonds. The number of amides is 1. The molecule has 0 aromatic heterocycles. The molecule has 0 saturated heterocycles. The van der Waals surface area contributed by atoms with Crippen LogP contribution in [0.25, 0.3) is 6.08 Å². The minimum Gasteiger partial charge on any atom is -0.508 e. The average molecular weight is 313 g/mol. The summed E-state index contributed by atoms with van der Waals surface area (Å²) >= 11 is 0. The Kier molecular flexibility index (Phi) is 5.63. The van der Waals surface area contributed by atoms with Crippen molar-refractivity contribution in [3.63, 3.8) is 0 Å². The molecule has 0 bridgehead atoms. The summed E-state index contributed by atoms with van der Waals surface area (Å²) in [5, 5.41) is 21.6. The zero-order chi connectivity index (χ0) is 16.7. The van der Waals surface area contributed by atoms with Crippen LogP contribution >= 0.6 is 0 Å². The second-order valence-corrected chi connectivity index (χ2v) is 4.97. The van der Waals surface area contributed by atoms with E-state index in [9.17, 15) is 15.0 Å². The molecule has 120 valence electrons. The molecule has 5 heteroatoms. The van der Waals surface area contributed by atoms with Crippen molar-refractivity contribution in [2.24, 2.45) is 0 Å². The Bertz CT molecular complexity index is 693. The molecular formula is C18H19NO4. The van der Waals surface area contributed by atoms with Crippen molar-refractivity contribution < 1.29 is 19.7 Å². The third-order valence-corrected chi connectivity index (χ3v) is 3.28. The Balaban J connectivity index is 1.80. The number of ether oxygens (including phenoxy) is 1. The van der Waals surface area contributed by atoms with E-state index in [1.165, 1.54) is 13.2 Å². The fraction of sp³-hybridized carbons (Fsp3) is 0.167. The van der Waals surface area contributed by atoms with Crippen molar-refractivity contribution in [1.82, 2.24) is 5.32 Å². The van der Waals surface area contributed by atoms with Crippen LogP contribution < -0.4 is 10.1 Å². The van der Waals surface area contributed by atoms with E-state index < -0.39 is 0 Å². The molecule has 23 heavy (non-hydrogen) atoms. The second-order valence-electron chi connectivity index (χ2n) is 4.97. The lowest BCUT2D eigenvalue weighted by Gasteiger charge is -2.06. The topological polar surface area (TPSA) is 78.8 Å². The highest BCUT2D eigenvalue weighted by atomic mass is 16.5. The molecule has 0 atom stereocenters. The number of methoxy groups -OCH3 is 1. The van der Waals surface area contributed by atoms with Gasteiger partial charge in [0.05, 0.1) is 7.11 Å². The van der Waals surface area contributed by atoms with Gasteiger partial charge in [-0.25, -0.2) is 0 Å². The highest BCUT2D eigenvalue weighted by Crippen LogP contribution is 2.26. The van der Waals surface area contributed by atoms with Crippen LogP contribution in [0.4, 0.5) is 0 Å². The predicted molar refractivity (Wildman–Crippen MR) is 88.5 cm³/mol. The maximum Gasteiger partial charge on any atom is 0.244 e. The molecule has 0 spiro atoms. The van der Waals surface area contributed by atoms with Crippen LogP contribution in [0.1, 0.15) is 11.1 Å². The number of benzene rings is 2. The zero-order valence-electron chi connectivity index (χ0n) is 12.8. The van der Waals surface area contributed by atoms with E-state index in [-0.39, 0.29) is 17.4 Å². The van der Waals surface area contributed by atoms with Crippen LogP contribution in [0.2, 0.25) is 0 Å². The van der Waals surface area contributed by atoms with Gasteiger partial charge in [-0.15, -0.1) is 0 Å². The van der Waals surface area contributed by atoms with Gasteiger partial charge >= 0.3 is 0 Å². The number of nitrogens with one attached hydrogen (secondary N) is 1. The van der Waals surface area contributed by atoms with Crippen molar-refractivity contribution in [3.05, 3.63) is 59.7 Å². The first-order valence-electron chi connectivity index (χ1n) is 7.19. The van der Waals surface area contributed by atoms with Crippen molar-refractivity contribution in [3.8, 4) is 17.2 Å². The fourth-order valence-electron chi connectivity index (χ4n) is 2.04. The fourth-order valence-corrected chi connectivity index (χ4v) is 2.04. The zero-order valence-corrected chi connectivity index (χ0v) is 12.8. The number of carbonyl (C=O) groups is 1. The van der Waals surface area contributed by atoms with Crippen LogP contribution in [-0.4, -0.2) is 29.8 Å². The van der Waals surface area contributed by atoms with Gasteiger partial charge in [0.1, 0.15) is 5.75 Å². The maximum atomic E-state index is 11.7. The lowest BCUT2D eigenvalue weighted by Crippen LogP contribution is -2.23. The molecule has 0 heterocycles. The molecule has 0 aliphatic heterocycles. The highest BCUT2D eigenvalue weighted by molar-refractivity contribution is 5.91. The summed E-state index contributed by atoms with van der Waals surface area (Å²) in [5.41, 5.74) is 1.74. The van der Waals surface area contributed by atoms with Crippen LogP contribution in [0.3, 0.4) is 0 Å². The molecule has 2 aromatic rings. The number of phenolic OH excluding ortho intramolecular Hbond substituents is 2. The highest BCUT2D eigenvalue weighted by Gasteiger charge is 2.03. The first kappa shape index (κ1) is 16.4. The third kappa shape index (κ3) is 5.07. The van der Waals surface area contributed by atoms with Gasteiger partial charge in [0.2, 0.25) is 5.91 Å². The monoisotopic (exact) mass is 313 g/mol. The first-order valence-corrected chi connectivity index (χ1v) is 7.19. The molecule has 2 aromatic carbocycles. The molecule has 0 aliphatic carbocycles. The van der Waals surface area contributed by atoms with Crippen molar-refractivity contribution >= 4 is 12.0 Å². The van der Waals surface area contributed by atoms with Gasteiger partial charge in [0.25, 0.3) is 0 Å². The largest absolute Gasteiger partial charge is 0.508 e. The Morgan fingerprint density at radius 2 is 1.91 bits per heavy atom. The van der Waals surface area contributed by atoms with E-state index in [4.69, 9.17) is 4.74 Å². The van der Waals surface area contributed by atoms with E-state index in [1.807, 2.05) is 6.07 Å². The molecule has 2 rings (SSSR count). The quantitative estimate of drug-likeness (QED) is 0.716. The number of rotatable bonds is 6. The summed E-state index contributed by atoms with van der Waals surface area (Å²) in [6, 6.07) is 11.7. The van der Waals surface area contributed by atoms with Crippen LogP contribution in [0.15, 0.2) is 48.5 Å². The van der Waals surface area contributed by atoms with Crippen LogP contribution in [0.5, 0.6) is 17.2 Å². The predicted octanol–water partition coefficient (Wildman–Crippen LogP) is 2.48. The van der Waals surface area contributed by atoms with Crippen molar-refractivity contribution in [1.29, 1.82) is 0 Å². The van der Waals surface area contributed by atoms with Gasteiger partial charge in [0.15, 0.2) is 11.5 Å². The number of aromatic hydroxyl groups is 2. The maximum absolute atomic E-state index is 11.7. The summed E-state index contributed by atoms with van der Waals surface area (Å²) < 4.78 is 4.98. The summed E-state index contributed by atoms with van der Waals surface area (Å²) in [6.45, 7) is 0.463. The number of hydrogen-bond donors (Lipinski definition) is 3. The standard InChI is InChI=1S/C18H19NO4/c1-23-17-8-4-14(12-16(17)21)10-11-19-18(22)9-5-13-2-6-15(20)7-3-13/h2-9,12,20-21H,10-11H2,1H3,(H,19,22). The van der Waals surface area contributed by atoms with Gasteiger partial charge in [0, 0.05) is 12.6 Å². The van der Waals surface area contributed by atoms with Gasteiger partial charge < -0.3 is 20.3 Å². The minimum absolute atomic E-state index is 0.0866. The van der Waals surface area contributed by atoms with Crippen molar-refractivity contribution in [2.45, 2.75) is 6.42 Å². The van der Waals surface area contributed by atoms with E-state index >= 15 is 0 Å². The van der Waals surface area contributed by atoms with Gasteiger partial charge in [-0.2, -0.15) is 0 Å². The van der Waals surface area contributed by atoms with Crippen LogP contribution in [0, 0.1) is 0 Å². The Morgan fingerprint density at radius 3 is 2.57 bits per heavy atom. The normalized spacial score (nSPS) is 10.7. The average Bonchev–Trinajstić information content (AvgIpc) is 2.54. The lowest BCUT2D eigenvalue weighted by molar-refractivity contribution is -0.116. The number of carbonyl (C=O) groups excluding carboxylic acids is 1. The SMILES string of the molecule is COc1ccc(CCNC(=O)C=Cc2ccc(O)cc2)cc1O. The Labute approximate surface area is 134 Å². The minimum atomic E-state index is -0.198. The van der Waals surface area contributed by atoms with Crippen molar-refractivity contribution in [2.75, 3.05) is 13.7 Å². The summed E-state index contributed by atoms with van der Waals surface area (Å²) in [4.78, 5) is 11.7. The smallest absolute Gasteiger partial charge is 0.244 e. The van der Waals surface area contributed by atoms with E-state index in [0.29, 0.717) is 18.7 Å². The third-order valence-electron chi connectivity index (χ3n) is 3.28. The van der Waals surface area contributed by atoms with Gasteiger partial charge in [-0.3, -0.25) is 4.79 Å². The Hall–Kier alpha value is -2.95. The molecule has 5 nitrogen and oxygen atoms in total. The first-order chi connectivity index (χ1) is 11.1. The molecule has 0 radical (unpaired) electrons. The van der Waals surface area contributed by atoms with Gasteiger partial charge in [-0.1, -0.05) is 18.2 Å². The van der Waals surface area contributed by atoms with Gasteiger partial charge in [-0.05, 0) is 47.9 Å². The molecule has 0 unspecified atom stereocenters.